The molecule has 92 valence electrons. The van der Waals surface area contributed by atoms with E-state index in [1.807, 2.05) is 14.1 Å². The van der Waals surface area contributed by atoms with E-state index in [-0.39, 0.29) is 40.5 Å². The smallest absolute Gasteiger partial charge is 0.164 e. The summed E-state index contributed by atoms with van der Waals surface area (Å²) in [6.07, 6.45) is -0.380. The monoisotopic (exact) mass is 339 g/mol. The van der Waals surface area contributed by atoms with Gasteiger partial charge in [0, 0.05) is 6.54 Å². The first kappa shape index (κ1) is 24.1. The molecule has 0 aliphatic carbocycles. The van der Waals surface area contributed by atoms with Crippen LogP contribution in [-0.4, -0.2) is 50.2 Å². The summed E-state index contributed by atoms with van der Waals surface area (Å²) >= 11 is 0. The predicted molar refractivity (Wildman–Crippen MR) is 70.4 cm³/mol. The van der Waals surface area contributed by atoms with Gasteiger partial charge in [0.15, 0.2) is 6.29 Å². The molecule has 0 aliphatic heterocycles. The van der Waals surface area contributed by atoms with E-state index >= 15 is 0 Å². The number of nitrogens with two attached hydrogens (primary N) is 1. The summed E-state index contributed by atoms with van der Waals surface area (Å²) in [5.74, 6) is 0. The highest BCUT2D eigenvalue weighted by Gasteiger charge is 1.92. The van der Waals surface area contributed by atoms with Gasteiger partial charge in [-0.3, -0.25) is 0 Å². The standard InChI is InChI=1S/C5H14N2O2.C2H7N.2BrH/c6-2-1-3-7-4-5(8)9;1-3-2;;/h5,7-9H,1-4,6H2;3H,1-2H3;2*1H. The van der Waals surface area contributed by atoms with Crippen molar-refractivity contribution in [3.63, 3.8) is 0 Å². The Labute approximate surface area is 107 Å². The maximum Gasteiger partial charge on any atom is 0.164 e. The van der Waals surface area contributed by atoms with Crippen LogP contribution < -0.4 is 16.4 Å². The summed E-state index contributed by atoms with van der Waals surface area (Å²) in [4.78, 5) is 0. The lowest BCUT2D eigenvalue weighted by Crippen LogP contribution is -2.28. The normalized spacial score (nSPS) is 8.14. The van der Waals surface area contributed by atoms with Crippen molar-refractivity contribution >= 4 is 34.0 Å². The Balaban J connectivity index is -0.0000000891. The summed E-state index contributed by atoms with van der Waals surface area (Å²) < 4.78 is 0. The average Bonchev–Trinajstić information content (AvgIpc) is 1.99. The van der Waals surface area contributed by atoms with Crippen LogP contribution in [0.25, 0.3) is 0 Å². The molecule has 6 N–H and O–H groups in total. The third kappa shape index (κ3) is 38.6. The quantitative estimate of drug-likeness (QED) is 0.335. The topological polar surface area (TPSA) is 90.5 Å². The Bertz CT molecular complexity index is 80.0. The van der Waals surface area contributed by atoms with Crippen LogP contribution in [0.1, 0.15) is 6.42 Å². The number of halogens is 2. The maximum absolute atomic E-state index is 8.31. The average molecular weight is 341 g/mol. The molecule has 0 atom stereocenters. The van der Waals surface area contributed by atoms with Gasteiger partial charge in [-0.1, -0.05) is 0 Å². The summed E-state index contributed by atoms with van der Waals surface area (Å²) in [6, 6.07) is 0. The van der Waals surface area contributed by atoms with Crippen LogP contribution in [0.3, 0.4) is 0 Å². The van der Waals surface area contributed by atoms with Gasteiger partial charge in [0.25, 0.3) is 0 Å². The summed E-state index contributed by atoms with van der Waals surface area (Å²) in [5.41, 5.74) is 5.18. The van der Waals surface area contributed by atoms with Crippen molar-refractivity contribution in [1.29, 1.82) is 0 Å². The van der Waals surface area contributed by atoms with E-state index in [1.54, 1.807) is 0 Å². The number of hydrogen-bond donors (Lipinski definition) is 5. The van der Waals surface area contributed by atoms with E-state index in [0.29, 0.717) is 6.54 Å². The molecule has 14 heavy (non-hydrogen) atoms. The minimum atomic E-state index is -1.25. The lowest BCUT2D eigenvalue weighted by Gasteiger charge is -2.03. The Morgan fingerprint density at radius 3 is 1.93 bits per heavy atom. The highest BCUT2D eigenvalue weighted by Crippen LogP contribution is 1.72. The van der Waals surface area contributed by atoms with Crippen LogP contribution >= 0.6 is 34.0 Å². The number of hydrogen-bond acceptors (Lipinski definition) is 5. The van der Waals surface area contributed by atoms with Crippen LogP contribution in [0.5, 0.6) is 0 Å². The van der Waals surface area contributed by atoms with Gasteiger partial charge in [0.2, 0.25) is 0 Å². The summed E-state index contributed by atoms with van der Waals surface area (Å²) in [7, 11) is 3.75. The van der Waals surface area contributed by atoms with E-state index in [2.05, 4.69) is 10.6 Å². The van der Waals surface area contributed by atoms with Crippen molar-refractivity contribution in [2.24, 2.45) is 5.73 Å². The van der Waals surface area contributed by atoms with Crippen LogP contribution in [0, 0.1) is 0 Å². The summed E-state index contributed by atoms with van der Waals surface area (Å²) in [6.45, 7) is 1.60. The molecule has 0 fully saturated rings. The molecule has 0 amide bonds. The van der Waals surface area contributed by atoms with Gasteiger partial charge >= 0.3 is 0 Å². The molecule has 0 aromatic heterocycles. The molecule has 0 aromatic carbocycles. The molecule has 0 saturated carbocycles. The lowest BCUT2D eigenvalue weighted by atomic mass is 10.4. The van der Waals surface area contributed by atoms with Crippen molar-refractivity contribution < 1.29 is 10.2 Å². The fraction of sp³-hybridized carbons (Fsp3) is 1.00. The van der Waals surface area contributed by atoms with Gasteiger partial charge in [-0.15, -0.1) is 34.0 Å². The molecule has 0 bridgehead atoms. The van der Waals surface area contributed by atoms with Gasteiger partial charge in [-0.2, -0.15) is 0 Å². The van der Waals surface area contributed by atoms with E-state index in [1.165, 1.54) is 0 Å². The second-order valence-electron chi connectivity index (χ2n) is 2.33. The zero-order valence-electron chi connectivity index (χ0n) is 8.69. The van der Waals surface area contributed by atoms with Gasteiger partial charge < -0.3 is 26.6 Å². The minimum Gasteiger partial charge on any atom is -0.367 e. The minimum absolute atomic E-state index is 0. The molecule has 7 heteroatoms. The second-order valence-corrected chi connectivity index (χ2v) is 2.33. The highest BCUT2D eigenvalue weighted by molar-refractivity contribution is 8.93. The number of aliphatic hydroxyl groups excluding tert-OH is 1. The van der Waals surface area contributed by atoms with E-state index in [0.717, 1.165) is 13.0 Å². The third-order valence-electron chi connectivity index (χ3n) is 0.885. The first-order valence-corrected chi connectivity index (χ1v) is 4.04. The predicted octanol–water partition coefficient (Wildman–Crippen LogP) is -0.773. The van der Waals surface area contributed by atoms with Crippen molar-refractivity contribution in [2.75, 3.05) is 33.7 Å². The van der Waals surface area contributed by atoms with E-state index in [4.69, 9.17) is 15.9 Å². The molecule has 0 heterocycles. The Hall–Kier alpha value is 0.760. The molecule has 5 nitrogen and oxygen atoms in total. The SMILES string of the molecule is Br.Br.CNC.NCCCNCC(O)O. The zero-order chi connectivity index (χ0) is 9.82. The molecule has 0 rings (SSSR count). The maximum atomic E-state index is 8.31. The van der Waals surface area contributed by atoms with Crippen LogP contribution in [-0.2, 0) is 0 Å². The molecule has 0 aromatic rings. The van der Waals surface area contributed by atoms with Crippen molar-refractivity contribution in [3.05, 3.63) is 0 Å². The zero-order valence-corrected chi connectivity index (χ0v) is 12.1. The van der Waals surface area contributed by atoms with Crippen LogP contribution in [0.15, 0.2) is 0 Å². The number of aliphatic hydroxyl groups is 2. The first-order valence-electron chi connectivity index (χ1n) is 4.04. The number of nitrogens with one attached hydrogen (secondary N) is 2. The lowest BCUT2D eigenvalue weighted by molar-refractivity contribution is -0.0370. The fourth-order valence-electron chi connectivity index (χ4n) is 0.458. The molecule has 0 radical (unpaired) electrons. The van der Waals surface area contributed by atoms with Gasteiger partial charge in [0.05, 0.1) is 0 Å². The van der Waals surface area contributed by atoms with Crippen molar-refractivity contribution in [2.45, 2.75) is 12.7 Å². The fourth-order valence-corrected chi connectivity index (χ4v) is 0.458. The Morgan fingerprint density at radius 1 is 1.21 bits per heavy atom. The van der Waals surface area contributed by atoms with Crippen molar-refractivity contribution in [1.82, 2.24) is 10.6 Å². The highest BCUT2D eigenvalue weighted by atomic mass is 79.9. The van der Waals surface area contributed by atoms with E-state index in [9.17, 15) is 0 Å². The first-order chi connectivity index (χ1) is 5.68. The van der Waals surface area contributed by atoms with Gasteiger partial charge in [-0.25, -0.2) is 0 Å². The molecular formula is C7H23Br2N3O2. The molecule has 0 unspecified atom stereocenters. The number of rotatable bonds is 5. The van der Waals surface area contributed by atoms with Gasteiger partial charge in [-0.05, 0) is 33.6 Å². The Morgan fingerprint density at radius 2 is 1.64 bits per heavy atom. The molecule has 0 aliphatic rings. The third-order valence-corrected chi connectivity index (χ3v) is 0.885. The van der Waals surface area contributed by atoms with Crippen molar-refractivity contribution in [3.8, 4) is 0 Å². The second kappa shape index (κ2) is 23.5. The van der Waals surface area contributed by atoms with E-state index < -0.39 is 6.29 Å². The Kier molecular flexibility index (Phi) is 40.5. The molecule has 0 spiro atoms. The van der Waals surface area contributed by atoms with Gasteiger partial charge in [0.1, 0.15) is 0 Å². The summed E-state index contributed by atoms with van der Waals surface area (Å²) in [5, 5.41) is 22.2. The van der Waals surface area contributed by atoms with Crippen LogP contribution in [0.2, 0.25) is 0 Å². The largest absolute Gasteiger partial charge is 0.367 e. The molecular weight excluding hydrogens is 318 g/mol. The van der Waals surface area contributed by atoms with Crippen LogP contribution in [0.4, 0.5) is 0 Å². The molecule has 0 saturated heterocycles.